The molecule has 8 heteroatoms. The minimum Gasteiger partial charge on any atom is -0.309 e. The van der Waals surface area contributed by atoms with E-state index in [1.807, 2.05) is 32.0 Å². The van der Waals surface area contributed by atoms with Gasteiger partial charge in [0, 0.05) is 9.90 Å². The number of benzene rings is 1. The molecule has 1 aromatic carbocycles. The molecular weight excluding hydrogens is 382 g/mol. The van der Waals surface area contributed by atoms with Gasteiger partial charge in [-0.1, -0.05) is 23.4 Å². The van der Waals surface area contributed by atoms with Crippen LogP contribution in [0.3, 0.4) is 0 Å². The summed E-state index contributed by atoms with van der Waals surface area (Å²) in [5, 5.41) is 1.39. The lowest BCUT2D eigenvalue weighted by Crippen LogP contribution is -2.10. The maximum atomic E-state index is 12.3. The molecule has 0 amide bonds. The van der Waals surface area contributed by atoms with Crippen molar-refractivity contribution >= 4 is 66.5 Å². The summed E-state index contributed by atoms with van der Waals surface area (Å²) in [4.78, 5) is 26.3. The molecule has 24 heavy (non-hydrogen) atoms. The number of hydrogen-bond acceptors (Lipinski definition) is 6. The van der Waals surface area contributed by atoms with Crippen LogP contribution in [-0.2, 0) is 5.75 Å². The second-order valence-electron chi connectivity index (χ2n) is 5.36. The molecule has 0 radical (unpaired) electrons. The number of thiazole rings is 1. The predicted molar refractivity (Wildman–Crippen MR) is 104 cm³/mol. The second-order valence-corrected chi connectivity index (χ2v) is 9.25. The highest BCUT2D eigenvalue weighted by atomic mass is 35.5. The zero-order chi connectivity index (χ0) is 16.8. The van der Waals surface area contributed by atoms with Gasteiger partial charge >= 0.3 is 0 Å². The summed E-state index contributed by atoms with van der Waals surface area (Å²) in [5.74, 6) is 1.25. The molecule has 1 N–H and O–H groups in total. The summed E-state index contributed by atoms with van der Waals surface area (Å²) in [7, 11) is 0. The van der Waals surface area contributed by atoms with Crippen LogP contribution < -0.4 is 5.56 Å². The van der Waals surface area contributed by atoms with Gasteiger partial charge in [0.2, 0.25) is 0 Å². The summed E-state index contributed by atoms with van der Waals surface area (Å²) in [6.07, 6.45) is 0. The van der Waals surface area contributed by atoms with E-state index in [9.17, 15) is 4.79 Å². The molecular formula is C16H12ClN3OS3. The molecule has 4 aromatic rings. The number of aromatic amines is 1. The Labute approximate surface area is 154 Å². The smallest absolute Gasteiger partial charge is 0.259 e. The fraction of sp³-hybridized carbons (Fsp3) is 0.188. The lowest BCUT2D eigenvalue weighted by atomic mass is 10.2. The van der Waals surface area contributed by atoms with Crippen LogP contribution in [0.15, 0.2) is 27.3 Å². The van der Waals surface area contributed by atoms with E-state index < -0.39 is 0 Å². The molecule has 3 heterocycles. The maximum absolute atomic E-state index is 12.3. The van der Waals surface area contributed by atoms with Gasteiger partial charge in [-0.05, 0) is 37.6 Å². The number of aromatic nitrogens is 3. The summed E-state index contributed by atoms with van der Waals surface area (Å²) in [5.41, 5.74) is 1.86. The molecule has 4 nitrogen and oxygen atoms in total. The Balaban J connectivity index is 1.63. The van der Waals surface area contributed by atoms with Gasteiger partial charge in [-0.3, -0.25) is 4.79 Å². The SMILES string of the molecule is Cc1sc2nc(CSc3nc4cc(Cl)ccc4s3)[nH]c(=O)c2c1C. The van der Waals surface area contributed by atoms with Gasteiger partial charge in [0.1, 0.15) is 10.7 Å². The number of aryl methyl sites for hydroxylation is 2. The Kier molecular flexibility index (Phi) is 4.12. The van der Waals surface area contributed by atoms with Crippen molar-refractivity contribution in [2.45, 2.75) is 23.9 Å². The monoisotopic (exact) mass is 393 g/mol. The van der Waals surface area contributed by atoms with Crippen molar-refractivity contribution in [1.82, 2.24) is 15.0 Å². The third-order valence-electron chi connectivity index (χ3n) is 3.75. The van der Waals surface area contributed by atoms with Gasteiger partial charge in [0.05, 0.1) is 21.4 Å². The topological polar surface area (TPSA) is 58.6 Å². The largest absolute Gasteiger partial charge is 0.309 e. The fourth-order valence-electron chi connectivity index (χ4n) is 2.44. The van der Waals surface area contributed by atoms with Crippen LogP contribution in [0.1, 0.15) is 16.3 Å². The van der Waals surface area contributed by atoms with E-state index in [0.717, 1.165) is 29.8 Å². The lowest BCUT2D eigenvalue weighted by Gasteiger charge is -1.99. The maximum Gasteiger partial charge on any atom is 0.259 e. The Hall–Kier alpha value is -1.41. The van der Waals surface area contributed by atoms with E-state index in [2.05, 4.69) is 15.0 Å². The highest BCUT2D eigenvalue weighted by Crippen LogP contribution is 2.32. The van der Waals surface area contributed by atoms with Crippen molar-refractivity contribution in [3.05, 3.63) is 49.8 Å². The first-order valence-corrected chi connectivity index (χ1v) is 10.2. The van der Waals surface area contributed by atoms with Crippen molar-refractivity contribution in [3.8, 4) is 0 Å². The van der Waals surface area contributed by atoms with Crippen molar-refractivity contribution in [1.29, 1.82) is 0 Å². The van der Waals surface area contributed by atoms with Gasteiger partial charge in [-0.15, -0.1) is 22.7 Å². The lowest BCUT2D eigenvalue weighted by molar-refractivity contribution is 1.04. The molecule has 4 rings (SSSR count). The first kappa shape index (κ1) is 16.1. The van der Waals surface area contributed by atoms with E-state index in [-0.39, 0.29) is 5.56 Å². The van der Waals surface area contributed by atoms with Gasteiger partial charge in [-0.2, -0.15) is 0 Å². The molecule has 122 valence electrons. The number of thioether (sulfide) groups is 1. The number of H-pyrrole nitrogens is 1. The summed E-state index contributed by atoms with van der Waals surface area (Å²) >= 11 is 10.7. The van der Waals surface area contributed by atoms with E-state index in [1.54, 1.807) is 34.4 Å². The number of rotatable bonds is 3. The van der Waals surface area contributed by atoms with Crippen LogP contribution in [-0.4, -0.2) is 15.0 Å². The zero-order valence-electron chi connectivity index (χ0n) is 12.8. The van der Waals surface area contributed by atoms with Crippen LogP contribution in [0.5, 0.6) is 0 Å². The molecule has 0 saturated heterocycles. The Bertz CT molecular complexity index is 1130. The van der Waals surface area contributed by atoms with Gasteiger partial charge in [-0.25, -0.2) is 9.97 Å². The van der Waals surface area contributed by atoms with Crippen LogP contribution in [0.4, 0.5) is 0 Å². The molecule has 0 bridgehead atoms. The third-order valence-corrected chi connectivity index (χ3v) is 7.28. The average Bonchev–Trinajstić information content (AvgIpc) is 3.06. The van der Waals surface area contributed by atoms with Gasteiger partial charge in [0.25, 0.3) is 5.56 Å². The van der Waals surface area contributed by atoms with E-state index in [1.165, 1.54) is 0 Å². The second kappa shape index (κ2) is 6.15. The molecule has 0 fully saturated rings. The number of fused-ring (bicyclic) bond motifs is 2. The molecule has 0 unspecified atom stereocenters. The van der Waals surface area contributed by atoms with Gasteiger partial charge < -0.3 is 4.98 Å². The highest BCUT2D eigenvalue weighted by molar-refractivity contribution is 8.00. The van der Waals surface area contributed by atoms with Gasteiger partial charge in [0.15, 0.2) is 4.34 Å². The Morgan fingerprint density at radius 1 is 1.25 bits per heavy atom. The first-order chi connectivity index (χ1) is 11.5. The molecule has 0 spiro atoms. The van der Waals surface area contributed by atoms with Crippen molar-refractivity contribution in [2.75, 3.05) is 0 Å². The van der Waals surface area contributed by atoms with E-state index in [4.69, 9.17) is 11.6 Å². The number of thiophene rings is 1. The quantitative estimate of drug-likeness (QED) is 0.488. The zero-order valence-corrected chi connectivity index (χ0v) is 16.0. The third kappa shape index (κ3) is 2.86. The first-order valence-electron chi connectivity index (χ1n) is 7.19. The summed E-state index contributed by atoms with van der Waals surface area (Å²) in [6.45, 7) is 3.98. The standard InChI is InChI=1S/C16H12ClN3OS3/c1-7-8(2)23-15-13(7)14(21)19-12(20-15)6-22-16-18-10-5-9(17)3-4-11(10)24-16/h3-5H,6H2,1-2H3,(H,19,20,21). The van der Waals surface area contributed by atoms with Crippen molar-refractivity contribution in [2.24, 2.45) is 0 Å². The van der Waals surface area contributed by atoms with Crippen molar-refractivity contribution in [3.63, 3.8) is 0 Å². The minimum atomic E-state index is -0.0615. The fourth-order valence-corrected chi connectivity index (χ4v) is 5.57. The van der Waals surface area contributed by atoms with Crippen molar-refractivity contribution < 1.29 is 0 Å². The number of halogens is 1. The van der Waals surface area contributed by atoms with E-state index in [0.29, 0.717) is 22.0 Å². The summed E-state index contributed by atoms with van der Waals surface area (Å²) in [6, 6.07) is 5.70. The van der Waals surface area contributed by atoms with Crippen LogP contribution in [0.25, 0.3) is 20.4 Å². The Morgan fingerprint density at radius 3 is 2.92 bits per heavy atom. The molecule has 0 atom stereocenters. The predicted octanol–water partition coefficient (Wildman–Crippen LogP) is 5.16. The number of hydrogen-bond donors (Lipinski definition) is 1. The molecule has 0 aliphatic rings. The van der Waals surface area contributed by atoms with Crippen LogP contribution in [0, 0.1) is 13.8 Å². The molecule has 3 aromatic heterocycles. The van der Waals surface area contributed by atoms with Crippen LogP contribution in [0.2, 0.25) is 5.02 Å². The highest BCUT2D eigenvalue weighted by Gasteiger charge is 2.12. The molecule has 0 aliphatic heterocycles. The average molecular weight is 394 g/mol. The van der Waals surface area contributed by atoms with Crippen LogP contribution >= 0.6 is 46.0 Å². The molecule has 0 saturated carbocycles. The van der Waals surface area contributed by atoms with E-state index >= 15 is 0 Å². The Morgan fingerprint density at radius 2 is 2.08 bits per heavy atom. The molecule has 0 aliphatic carbocycles. The minimum absolute atomic E-state index is 0.0615. The normalized spacial score (nSPS) is 11.6. The number of nitrogens with one attached hydrogen (secondary N) is 1. The number of nitrogens with zero attached hydrogens (tertiary/aromatic N) is 2. The summed E-state index contributed by atoms with van der Waals surface area (Å²) < 4.78 is 2.04.